The summed E-state index contributed by atoms with van der Waals surface area (Å²) >= 11 is 0. The summed E-state index contributed by atoms with van der Waals surface area (Å²) in [5.74, 6) is -2.05. The molecular weight excluding hydrogens is 959 g/mol. The van der Waals surface area contributed by atoms with Gasteiger partial charge in [0, 0.05) is 12.8 Å². The fraction of sp³-hybridized carbons (Fsp3) is 0.721. The Balaban J connectivity index is 4.15. The van der Waals surface area contributed by atoms with E-state index < -0.39 is 24.3 Å². The second-order valence-electron chi connectivity index (χ2n) is 22.0. The minimum atomic E-state index is -1.52. The molecule has 0 saturated heterocycles. The average molecular weight is 1080 g/mol. The Kier molecular flexibility index (Phi) is 55.5. The van der Waals surface area contributed by atoms with Crippen LogP contribution in [0.25, 0.3) is 0 Å². The number of hydrogen-bond acceptors (Lipinski definition) is 7. The number of carbonyl (C=O) groups excluding carboxylic acids is 2. The van der Waals surface area contributed by atoms with Crippen LogP contribution in [0.15, 0.2) is 97.2 Å². The van der Waals surface area contributed by atoms with Crippen molar-refractivity contribution in [1.29, 1.82) is 0 Å². The van der Waals surface area contributed by atoms with E-state index in [4.69, 9.17) is 18.9 Å². The third kappa shape index (κ3) is 59.7. The molecule has 442 valence electrons. The van der Waals surface area contributed by atoms with Crippen LogP contribution in [-0.4, -0.2) is 87.4 Å². The van der Waals surface area contributed by atoms with Crippen LogP contribution in [0.3, 0.4) is 0 Å². The van der Waals surface area contributed by atoms with Gasteiger partial charge in [0.2, 0.25) is 0 Å². The number of carbonyl (C=O) groups is 3. The van der Waals surface area contributed by atoms with Crippen molar-refractivity contribution in [2.24, 2.45) is 0 Å². The fourth-order valence-corrected chi connectivity index (χ4v) is 8.52. The van der Waals surface area contributed by atoms with Gasteiger partial charge in [-0.3, -0.25) is 9.59 Å². The van der Waals surface area contributed by atoms with Gasteiger partial charge >= 0.3 is 17.9 Å². The number of carboxylic acids is 1. The van der Waals surface area contributed by atoms with E-state index in [-0.39, 0.29) is 32.2 Å². The molecule has 0 amide bonds. The number of nitrogens with zero attached hydrogens (tertiary/aromatic N) is 1. The number of hydrogen-bond donors (Lipinski definition) is 1. The number of aliphatic carboxylic acids is 1. The number of unbranched alkanes of at least 4 members (excludes halogenated alkanes) is 26. The van der Waals surface area contributed by atoms with Gasteiger partial charge in [0.1, 0.15) is 13.2 Å². The van der Waals surface area contributed by atoms with Gasteiger partial charge in [-0.2, -0.15) is 0 Å². The quantitative estimate of drug-likeness (QED) is 0.0211. The molecule has 77 heavy (non-hydrogen) atoms. The van der Waals surface area contributed by atoms with Gasteiger partial charge in [0.05, 0.1) is 34.4 Å². The molecule has 0 aromatic heterocycles. The average Bonchev–Trinajstić information content (AvgIpc) is 3.40. The summed E-state index contributed by atoms with van der Waals surface area (Å²) in [7, 11) is 5.95. The number of allylic oxidation sites excluding steroid dienone is 16. The monoisotopic (exact) mass is 1080 g/mol. The van der Waals surface area contributed by atoms with E-state index in [9.17, 15) is 19.5 Å². The number of carboxylic acid groups (broad SMARTS) is 1. The summed E-state index contributed by atoms with van der Waals surface area (Å²) in [5, 5.41) is 9.71. The highest BCUT2D eigenvalue weighted by molar-refractivity contribution is 5.71. The van der Waals surface area contributed by atoms with Crippen LogP contribution in [0, 0.1) is 0 Å². The molecule has 9 heteroatoms. The van der Waals surface area contributed by atoms with Crippen LogP contribution in [0.4, 0.5) is 0 Å². The predicted molar refractivity (Wildman–Crippen MR) is 327 cm³/mol. The summed E-state index contributed by atoms with van der Waals surface area (Å²) in [5.41, 5.74) is 0. The molecule has 0 aliphatic rings. The van der Waals surface area contributed by atoms with Crippen LogP contribution < -0.4 is 0 Å². The van der Waals surface area contributed by atoms with Gasteiger partial charge < -0.3 is 28.5 Å². The van der Waals surface area contributed by atoms with Crippen molar-refractivity contribution >= 4 is 17.9 Å². The first-order chi connectivity index (χ1) is 37.6. The summed E-state index contributed by atoms with van der Waals surface area (Å²) in [6, 6.07) is 0. The molecule has 0 heterocycles. The van der Waals surface area contributed by atoms with Crippen LogP contribution in [0.1, 0.15) is 258 Å². The van der Waals surface area contributed by atoms with Crippen molar-refractivity contribution in [3.63, 3.8) is 0 Å². The number of rotatable bonds is 57. The van der Waals surface area contributed by atoms with Gasteiger partial charge in [0.15, 0.2) is 6.10 Å². The second kappa shape index (κ2) is 58.4. The SMILES string of the molecule is CC/C=C\C/C=C\C/C=C\C/C=C\C/C=C\CCCCCC(=O)OC(COC(=O)CCCCCCCCCCCCCCCCCCCC/C=C\C/C=C\C/C=C\CCCCCCC)COC(OCC[N+](C)(C)C)C(=O)O. The van der Waals surface area contributed by atoms with Crippen LogP contribution in [0.5, 0.6) is 0 Å². The lowest BCUT2D eigenvalue weighted by Crippen LogP contribution is -2.40. The van der Waals surface area contributed by atoms with E-state index in [1.165, 1.54) is 141 Å². The minimum absolute atomic E-state index is 0.177. The van der Waals surface area contributed by atoms with Crippen molar-refractivity contribution in [2.45, 2.75) is 270 Å². The van der Waals surface area contributed by atoms with Crippen LogP contribution in [-0.2, 0) is 33.3 Å². The summed E-state index contributed by atoms with van der Waals surface area (Å²) in [4.78, 5) is 37.5. The Morgan fingerprint density at radius 2 is 0.740 bits per heavy atom. The molecule has 0 aliphatic carbocycles. The van der Waals surface area contributed by atoms with Gasteiger partial charge in [-0.05, 0) is 96.3 Å². The van der Waals surface area contributed by atoms with Crippen molar-refractivity contribution < 1.29 is 42.9 Å². The minimum Gasteiger partial charge on any atom is -0.477 e. The summed E-state index contributed by atoms with van der Waals surface area (Å²) in [6.45, 7) is 4.72. The third-order valence-corrected chi connectivity index (χ3v) is 13.3. The molecule has 0 radical (unpaired) electrons. The number of likely N-dealkylation sites (N-methyl/N-ethyl adjacent to an activating group) is 1. The van der Waals surface area contributed by atoms with Crippen molar-refractivity contribution in [3.8, 4) is 0 Å². The second-order valence-corrected chi connectivity index (χ2v) is 22.0. The van der Waals surface area contributed by atoms with Crippen molar-refractivity contribution in [2.75, 3.05) is 47.5 Å². The zero-order valence-electron chi connectivity index (χ0n) is 50.3. The maximum Gasteiger partial charge on any atom is 0.361 e. The highest BCUT2D eigenvalue weighted by atomic mass is 16.7. The molecule has 0 rings (SSSR count). The van der Waals surface area contributed by atoms with E-state index >= 15 is 0 Å². The van der Waals surface area contributed by atoms with Gasteiger partial charge in [-0.1, -0.05) is 246 Å². The normalized spacial score (nSPS) is 13.4. The van der Waals surface area contributed by atoms with E-state index in [1.807, 2.05) is 21.1 Å². The maximum atomic E-state index is 12.9. The van der Waals surface area contributed by atoms with Crippen molar-refractivity contribution in [3.05, 3.63) is 97.2 Å². The molecule has 2 atom stereocenters. The fourth-order valence-electron chi connectivity index (χ4n) is 8.52. The van der Waals surface area contributed by atoms with Crippen molar-refractivity contribution in [1.82, 2.24) is 0 Å². The van der Waals surface area contributed by atoms with Crippen LogP contribution in [0.2, 0.25) is 0 Å². The largest absolute Gasteiger partial charge is 0.477 e. The first kappa shape index (κ1) is 73.2. The lowest BCUT2D eigenvalue weighted by molar-refractivity contribution is -0.870. The van der Waals surface area contributed by atoms with E-state index in [2.05, 4.69) is 111 Å². The van der Waals surface area contributed by atoms with Gasteiger partial charge in [-0.15, -0.1) is 0 Å². The Hall–Kier alpha value is -3.79. The molecule has 0 aromatic carbocycles. The zero-order valence-corrected chi connectivity index (χ0v) is 50.3. The molecule has 2 unspecified atom stereocenters. The highest BCUT2D eigenvalue weighted by Crippen LogP contribution is 2.16. The molecule has 0 aromatic rings. The molecule has 1 N–H and O–H groups in total. The Morgan fingerprint density at radius 1 is 0.403 bits per heavy atom. The summed E-state index contributed by atoms with van der Waals surface area (Å²) < 4.78 is 22.9. The zero-order chi connectivity index (χ0) is 56.2. The smallest absolute Gasteiger partial charge is 0.361 e. The molecular formula is C68H118NO8+. The van der Waals surface area contributed by atoms with E-state index in [0.717, 1.165) is 83.5 Å². The number of quaternary nitrogens is 1. The molecule has 0 spiro atoms. The van der Waals surface area contributed by atoms with E-state index in [0.29, 0.717) is 23.9 Å². The van der Waals surface area contributed by atoms with Gasteiger partial charge in [0.25, 0.3) is 6.29 Å². The number of ether oxygens (including phenoxy) is 4. The lowest BCUT2D eigenvalue weighted by Gasteiger charge is -2.25. The predicted octanol–water partition coefficient (Wildman–Crippen LogP) is 18.9. The van der Waals surface area contributed by atoms with Gasteiger partial charge in [-0.25, -0.2) is 4.79 Å². The third-order valence-electron chi connectivity index (χ3n) is 13.3. The Bertz CT molecular complexity index is 1580. The maximum absolute atomic E-state index is 12.9. The highest BCUT2D eigenvalue weighted by Gasteiger charge is 2.25. The summed E-state index contributed by atoms with van der Waals surface area (Å²) in [6.07, 6.45) is 76.5. The molecule has 0 bridgehead atoms. The molecule has 0 aliphatic heterocycles. The van der Waals surface area contributed by atoms with E-state index in [1.54, 1.807) is 0 Å². The van der Waals surface area contributed by atoms with Crippen LogP contribution >= 0.6 is 0 Å². The number of esters is 2. The lowest BCUT2D eigenvalue weighted by atomic mass is 10.0. The molecule has 9 nitrogen and oxygen atoms in total. The molecule has 0 saturated carbocycles. The first-order valence-corrected chi connectivity index (χ1v) is 31.4. The standard InChI is InChI=1S/C68H117NO8/c1-6-8-10-12-14-16-18-20-22-24-26-27-28-29-30-31-32-33-34-35-36-37-38-39-41-42-44-46-48-50-52-54-56-58-65(70)75-62-64(63-76-68(67(72)73)74-61-60-69(3,4)5)77-66(71)59-57-55-53-51-49-47-45-43-40-25-23-21-19-17-15-13-11-9-7-2/h9,11,15,17-18,20-21,23-24,26,28-29,40,43,47,49,64,68H,6-8,10,12-14,16,19,22,25,27,30-39,41-42,44-46,48,50-63H2,1-5H3/p+1/b11-9-,17-15-,20-18-,23-21-,26-24-,29-28-,43-40-,49-47-. The molecule has 0 fully saturated rings. The topological polar surface area (TPSA) is 108 Å². The first-order valence-electron chi connectivity index (χ1n) is 31.4. The Morgan fingerprint density at radius 3 is 1.12 bits per heavy atom. The Labute approximate surface area is 473 Å².